The normalized spacial score (nSPS) is 31.7. The van der Waals surface area contributed by atoms with E-state index in [4.69, 9.17) is 11.6 Å². The Labute approximate surface area is 116 Å². The first-order chi connectivity index (χ1) is 8.53. The highest BCUT2D eigenvalue weighted by Crippen LogP contribution is 2.29. The predicted molar refractivity (Wildman–Crippen MR) is 72.6 cm³/mol. The molecular formula is C11H15ClN2O2S2. The fourth-order valence-electron chi connectivity index (χ4n) is 2.87. The van der Waals surface area contributed by atoms with Gasteiger partial charge in [-0.3, -0.25) is 0 Å². The average molecular weight is 307 g/mol. The van der Waals surface area contributed by atoms with Gasteiger partial charge in [0.2, 0.25) is 10.0 Å². The van der Waals surface area contributed by atoms with Gasteiger partial charge in [0.25, 0.3) is 0 Å². The van der Waals surface area contributed by atoms with Gasteiger partial charge in [0.1, 0.15) is 4.21 Å². The molecule has 2 atom stereocenters. The Morgan fingerprint density at radius 3 is 2.50 bits per heavy atom. The zero-order valence-electron chi connectivity index (χ0n) is 9.73. The third kappa shape index (κ3) is 2.58. The second-order valence-electron chi connectivity index (χ2n) is 4.99. The standard InChI is InChI=1S/C11H15ClN2O2S2/c12-10-3-4-11(17-10)18(15,16)14-9-5-7-1-2-8(6-9)13-7/h3-4,7-9,13-14H,1-2,5-6H2. The molecule has 2 bridgehead atoms. The van der Waals surface area contributed by atoms with Gasteiger partial charge in [-0.25, -0.2) is 13.1 Å². The second kappa shape index (κ2) is 4.76. The summed E-state index contributed by atoms with van der Waals surface area (Å²) in [6, 6.07) is 4.18. The molecule has 0 amide bonds. The van der Waals surface area contributed by atoms with Crippen molar-refractivity contribution in [3.05, 3.63) is 16.5 Å². The van der Waals surface area contributed by atoms with Crippen molar-refractivity contribution in [2.45, 2.75) is 48.0 Å². The molecule has 3 rings (SSSR count). The van der Waals surface area contributed by atoms with Crippen molar-refractivity contribution < 1.29 is 8.42 Å². The molecule has 1 aromatic heterocycles. The van der Waals surface area contributed by atoms with Crippen molar-refractivity contribution >= 4 is 33.0 Å². The van der Waals surface area contributed by atoms with E-state index < -0.39 is 10.0 Å². The number of hydrogen-bond acceptors (Lipinski definition) is 4. The summed E-state index contributed by atoms with van der Waals surface area (Å²) in [5.74, 6) is 0. The van der Waals surface area contributed by atoms with E-state index in [1.54, 1.807) is 12.1 Å². The molecule has 2 aliphatic heterocycles. The Morgan fingerprint density at radius 1 is 1.28 bits per heavy atom. The van der Waals surface area contributed by atoms with Crippen molar-refractivity contribution in [1.29, 1.82) is 0 Å². The van der Waals surface area contributed by atoms with Gasteiger partial charge < -0.3 is 5.32 Å². The lowest BCUT2D eigenvalue weighted by molar-refractivity contribution is 0.345. The van der Waals surface area contributed by atoms with E-state index in [2.05, 4.69) is 10.0 Å². The first kappa shape index (κ1) is 12.9. The van der Waals surface area contributed by atoms with E-state index in [9.17, 15) is 8.42 Å². The van der Waals surface area contributed by atoms with Crippen LogP contribution in [0.2, 0.25) is 4.34 Å². The lowest BCUT2D eigenvalue weighted by atomic mass is 10.0. The Balaban J connectivity index is 1.72. The number of thiophene rings is 1. The summed E-state index contributed by atoms with van der Waals surface area (Å²) in [6.45, 7) is 0. The number of halogens is 1. The van der Waals surface area contributed by atoms with Crippen LogP contribution in [0.4, 0.5) is 0 Å². The maximum Gasteiger partial charge on any atom is 0.250 e. The van der Waals surface area contributed by atoms with Gasteiger partial charge in [0.05, 0.1) is 4.34 Å². The average Bonchev–Trinajstić information content (AvgIpc) is 2.85. The number of sulfonamides is 1. The molecule has 2 saturated heterocycles. The number of rotatable bonds is 3. The predicted octanol–water partition coefficient (Wildman–Crippen LogP) is 1.96. The Kier molecular flexibility index (Phi) is 3.40. The fraction of sp³-hybridized carbons (Fsp3) is 0.636. The molecule has 0 saturated carbocycles. The molecule has 0 aliphatic carbocycles. The van der Waals surface area contributed by atoms with E-state index in [0.29, 0.717) is 20.6 Å². The molecule has 0 spiro atoms. The third-order valence-electron chi connectivity index (χ3n) is 3.61. The molecule has 18 heavy (non-hydrogen) atoms. The Hall–Kier alpha value is -0.140. The summed E-state index contributed by atoms with van der Waals surface area (Å²) in [4.78, 5) is 0. The van der Waals surface area contributed by atoms with Crippen LogP contribution in [0, 0.1) is 0 Å². The molecular weight excluding hydrogens is 292 g/mol. The third-order valence-corrected chi connectivity index (χ3v) is 6.85. The molecule has 2 unspecified atom stereocenters. The van der Waals surface area contributed by atoms with Crippen molar-refractivity contribution in [3.8, 4) is 0 Å². The van der Waals surface area contributed by atoms with Gasteiger partial charge in [-0.1, -0.05) is 11.6 Å². The number of fused-ring (bicyclic) bond motifs is 2. The van der Waals surface area contributed by atoms with Crippen molar-refractivity contribution in [3.63, 3.8) is 0 Å². The SMILES string of the molecule is O=S(=O)(NC1CC2CCC(C1)N2)c1ccc(Cl)s1. The van der Waals surface area contributed by atoms with Crippen LogP contribution < -0.4 is 10.0 Å². The van der Waals surface area contributed by atoms with Gasteiger partial charge >= 0.3 is 0 Å². The molecule has 100 valence electrons. The molecule has 0 aromatic carbocycles. The smallest absolute Gasteiger partial charge is 0.250 e. The quantitative estimate of drug-likeness (QED) is 0.897. The van der Waals surface area contributed by atoms with Gasteiger partial charge in [0, 0.05) is 18.1 Å². The second-order valence-corrected chi connectivity index (χ2v) is 8.64. The summed E-state index contributed by atoms with van der Waals surface area (Å²) < 4.78 is 27.9. The topological polar surface area (TPSA) is 58.2 Å². The lowest BCUT2D eigenvalue weighted by Crippen LogP contribution is -2.47. The van der Waals surface area contributed by atoms with Crippen molar-refractivity contribution in [1.82, 2.24) is 10.0 Å². The molecule has 7 heteroatoms. The van der Waals surface area contributed by atoms with Crippen LogP contribution in [-0.2, 0) is 10.0 Å². The highest BCUT2D eigenvalue weighted by Gasteiger charge is 2.35. The Bertz CT molecular complexity index is 531. The van der Waals surface area contributed by atoms with E-state index >= 15 is 0 Å². The maximum absolute atomic E-state index is 12.2. The number of piperidine rings is 1. The molecule has 1 aromatic rings. The van der Waals surface area contributed by atoms with Gasteiger partial charge in [-0.2, -0.15) is 0 Å². The number of hydrogen-bond donors (Lipinski definition) is 2. The summed E-state index contributed by atoms with van der Waals surface area (Å²) in [6.07, 6.45) is 4.09. The molecule has 0 radical (unpaired) electrons. The highest BCUT2D eigenvalue weighted by molar-refractivity contribution is 7.91. The van der Waals surface area contributed by atoms with Gasteiger partial charge in [0.15, 0.2) is 0 Å². The lowest BCUT2D eigenvalue weighted by Gasteiger charge is -2.29. The van der Waals surface area contributed by atoms with Gasteiger partial charge in [-0.15, -0.1) is 11.3 Å². The van der Waals surface area contributed by atoms with E-state index in [-0.39, 0.29) is 6.04 Å². The molecule has 2 fully saturated rings. The van der Waals surface area contributed by atoms with Gasteiger partial charge in [-0.05, 0) is 37.8 Å². The van der Waals surface area contributed by atoms with Crippen LogP contribution in [0.3, 0.4) is 0 Å². The summed E-state index contributed by atoms with van der Waals surface area (Å²) >= 11 is 6.88. The van der Waals surface area contributed by atoms with E-state index in [1.807, 2.05) is 0 Å². The minimum Gasteiger partial charge on any atom is -0.311 e. The first-order valence-corrected chi connectivity index (χ1v) is 8.74. The molecule has 2 N–H and O–H groups in total. The van der Waals surface area contributed by atoms with Crippen molar-refractivity contribution in [2.24, 2.45) is 0 Å². The first-order valence-electron chi connectivity index (χ1n) is 6.07. The summed E-state index contributed by atoms with van der Waals surface area (Å²) in [7, 11) is -3.40. The van der Waals surface area contributed by atoms with Crippen molar-refractivity contribution in [2.75, 3.05) is 0 Å². The minimum atomic E-state index is -3.40. The van der Waals surface area contributed by atoms with E-state index in [0.717, 1.165) is 37.0 Å². The highest BCUT2D eigenvalue weighted by atomic mass is 35.5. The van der Waals surface area contributed by atoms with Crippen LogP contribution in [0.1, 0.15) is 25.7 Å². The molecule has 4 nitrogen and oxygen atoms in total. The maximum atomic E-state index is 12.2. The zero-order chi connectivity index (χ0) is 12.8. The van der Waals surface area contributed by atoms with Crippen LogP contribution in [0.15, 0.2) is 16.3 Å². The summed E-state index contributed by atoms with van der Waals surface area (Å²) in [5, 5.41) is 3.50. The van der Waals surface area contributed by atoms with Crippen LogP contribution in [0.25, 0.3) is 0 Å². The Morgan fingerprint density at radius 2 is 1.94 bits per heavy atom. The van der Waals surface area contributed by atoms with Crippen LogP contribution >= 0.6 is 22.9 Å². The van der Waals surface area contributed by atoms with Crippen LogP contribution in [-0.4, -0.2) is 26.5 Å². The number of nitrogens with one attached hydrogen (secondary N) is 2. The fourth-order valence-corrected chi connectivity index (χ4v) is 5.63. The largest absolute Gasteiger partial charge is 0.311 e. The zero-order valence-corrected chi connectivity index (χ0v) is 12.1. The van der Waals surface area contributed by atoms with E-state index in [1.165, 1.54) is 0 Å². The monoisotopic (exact) mass is 306 g/mol. The van der Waals surface area contributed by atoms with Crippen LogP contribution in [0.5, 0.6) is 0 Å². The molecule has 3 heterocycles. The summed E-state index contributed by atoms with van der Waals surface area (Å²) in [5.41, 5.74) is 0. The molecule has 2 aliphatic rings. The minimum absolute atomic E-state index is 0.0506.